The van der Waals surface area contributed by atoms with Crippen LogP contribution in [0.4, 0.5) is 8.78 Å². The summed E-state index contributed by atoms with van der Waals surface area (Å²) in [4.78, 5) is 25.7. The van der Waals surface area contributed by atoms with Gasteiger partial charge in [-0.3, -0.25) is 9.59 Å². The second-order valence-corrected chi connectivity index (χ2v) is 7.74. The van der Waals surface area contributed by atoms with E-state index in [0.717, 1.165) is 34.5 Å². The first-order chi connectivity index (χ1) is 14.3. The fourth-order valence-corrected chi connectivity index (χ4v) is 4.39. The third-order valence-electron chi connectivity index (χ3n) is 5.95. The van der Waals surface area contributed by atoms with Gasteiger partial charge in [0.25, 0.3) is 0 Å². The molecule has 1 N–H and O–H groups in total. The maximum Gasteiger partial charge on any atom is 0.307 e. The molecule has 0 saturated heterocycles. The molecule has 0 spiro atoms. The van der Waals surface area contributed by atoms with Crippen molar-refractivity contribution in [2.45, 2.75) is 38.1 Å². The highest BCUT2D eigenvalue weighted by Crippen LogP contribution is 2.32. The summed E-state index contributed by atoms with van der Waals surface area (Å²) < 4.78 is 29.1. The highest BCUT2D eigenvalue weighted by atomic mass is 19.1. The van der Waals surface area contributed by atoms with Crippen LogP contribution in [-0.4, -0.2) is 39.4 Å². The number of carbonyl (C=O) groups is 2. The van der Waals surface area contributed by atoms with E-state index in [0.29, 0.717) is 19.3 Å². The van der Waals surface area contributed by atoms with Gasteiger partial charge in [-0.2, -0.15) is 0 Å². The number of fused-ring (bicyclic) bond motifs is 3. The molecular weight excluding hydrogens is 390 g/mol. The molecule has 1 aliphatic rings. The summed E-state index contributed by atoms with van der Waals surface area (Å²) >= 11 is 0. The van der Waals surface area contributed by atoms with Gasteiger partial charge in [-0.05, 0) is 47.7 Å². The zero-order valence-electron chi connectivity index (χ0n) is 16.6. The molecule has 0 unspecified atom stereocenters. The van der Waals surface area contributed by atoms with Crippen LogP contribution in [0.15, 0.2) is 42.6 Å². The average Bonchev–Trinajstić information content (AvgIpc) is 3.02. The number of aromatic nitrogens is 1. The van der Waals surface area contributed by atoms with Crippen molar-refractivity contribution in [2.75, 3.05) is 7.05 Å². The number of halogens is 2. The standard InChI is InChI=1S/C23H22F2N2O3/c1-26(22(28)10-14-5-6-15(24)11-19(14)25)16-7-8-17-18(13-23(29)30)20-4-2-3-9-27(20)21(17)12-16/h2-6,9,11,16H,7-8,10,12-13H2,1H3,(H,29,30)/t16-/m1/s1. The summed E-state index contributed by atoms with van der Waals surface area (Å²) in [6.45, 7) is 0. The molecule has 0 aliphatic heterocycles. The number of nitrogens with zero attached hydrogens (tertiary/aromatic N) is 2. The molecule has 4 rings (SSSR count). The molecular formula is C23H22F2N2O3. The number of hydrogen-bond donors (Lipinski definition) is 1. The number of carboxylic acids is 1. The maximum absolute atomic E-state index is 13.9. The summed E-state index contributed by atoms with van der Waals surface area (Å²) in [6.07, 6.45) is 3.71. The smallest absolute Gasteiger partial charge is 0.307 e. The van der Waals surface area contributed by atoms with E-state index in [1.165, 1.54) is 6.07 Å². The van der Waals surface area contributed by atoms with Gasteiger partial charge in [-0.15, -0.1) is 0 Å². The predicted molar refractivity (Wildman–Crippen MR) is 107 cm³/mol. The van der Waals surface area contributed by atoms with Crippen molar-refractivity contribution >= 4 is 17.4 Å². The first-order valence-electron chi connectivity index (χ1n) is 9.86. The molecule has 0 fully saturated rings. The number of pyridine rings is 1. The van der Waals surface area contributed by atoms with E-state index in [4.69, 9.17) is 0 Å². The summed E-state index contributed by atoms with van der Waals surface area (Å²) in [7, 11) is 1.70. The molecule has 0 saturated carbocycles. The topological polar surface area (TPSA) is 62.0 Å². The molecule has 7 heteroatoms. The number of aliphatic carboxylic acids is 1. The lowest BCUT2D eigenvalue weighted by Crippen LogP contribution is -2.41. The van der Waals surface area contributed by atoms with Gasteiger partial charge in [0.1, 0.15) is 11.6 Å². The van der Waals surface area contributed by atoms with Gasteiger partial charge < -0.3 is 14.4 Å². The van der Waals surface area contributed by atoms with Crippen LogP contribution in [0.5, 0.6) is 0 Å². The van der Waals surface area contributed by atoms with Crippen LogP contribution in [0.2, 0.25) is 0 Å². The quantitative estimate of drug-likeness (QED) is 0.699. The fraction of sp³-hybridized carbons (Fsp3) is 0.304. The third kappa shape index (κ3) is 3.67. The van der Waals surface area contributed by atoms with Crippen LogP contribution in [0.1, 0.15) is 28.8 Å². The molecule has 3 aromatic rings. The fourth-order valence-electron chi connectivity index (χ4n) is 4.39. The Morgan fingerprint density at radius 1 is 1.20 bits per heavy atom. The number of rotatable bonds is 5. The molecule has 30 heavy (non-hydrogen) atoms. The van der Waals surface area contributed by atoms with Crippen LogP contribution in [0.25, 0.3) is 5.52 Å². The first kappa shape index (κ1) is 20.1. The summed E-state index contributed by atoms with van der Waals surface area (Å²) in [6, 6.07) is 8.85. The normalized spacial score (nSPS) is 15.8. The van der Waals surface area contributed by atoms with Crippen LogP contribution in [0.3, 0.4) is 0 Å². The summed E-state index contributed by atoms with van der Waals surface area (Å²) in [5.41, 5.74) is 3.95. The SMILES string of the molecule is CN(C(=O)Cc1ccc(F)cc1F)[C@@H]1CCc2c(CC(=O)O)c3ccccn3c2C1. The Kier molecular flexibility index (Phi) is 5.28. The number of hydrogen-bond acceptors (Lipinski definition) is 2. The predicted octanol–water partition coefficient (Wildman–Crippen LogP) is 3.40. The Labute approximate surface area is 172 Å². The van der Waals surface area contributed by atoms with Crippen molar-refractivity contribution in [2.24, 2.45) is 0 Å². The van der Waals surface area contributed by atoms with Crippen LogP contribution >= 0.6 is 0 Å². The lowest BCUT2D eigenvalue weighted by molar-refractivity contribution is -0.136. The lowest BCUT2D eigenvalue weighted by Gasteiger charge is -2.32. The Bertz CT molecular complexity index is 1140. The van der Waals surface area contributed by atoms with Gasteiger partial charge in [0.15, 0.2) is 0 Å². The van der Waals surface area contributed by atoms with E-state index in [1.54, 1.807) is 11.9 Å². The number of benzene rings is 1. The van der Waals surface area contributed by atoms with Gasteiger partial charge in [0, 0.05) is 43.0 Å². The van der Waals surface area contributed by atoms with Crippen molar-refractivity contribution in [1.82, 2.24) is 9.30 Å². The summed E-state index contributed by atoms with van der Waals surface area (Å²) in [5.74, 6) is -2.50. The Morgan fingerprint density at radius 3 is 2.73 bits per heavy atom. The second kappa shape index (κ2) is 7.89. The number of carboxylic acid groups (broad SMARTS) is 1. The maximum atomic E-state index is 13.9. The monoisotopic (exact) mass is 412 g/mol. The number of likely N-dealkylation sites (N-methyl/N-ethyl adjacent to an activating group) is 1. The second-order valence-electron chi connectivity index (χ2n) is 7.74. The van der Waals surface area contributed by atoms with E-state index >= 15 is 0 Å². The molecule has 1 aliphatic carbocycles. The van der Waals surface area contributed by atoms with Crippen LogP contribution in [-0.2, 0) is 35.3 Å². The van der Waals surface area contributed by atoms with Crippen molar-refractivity contribution in [3.05, 3.63) is 76.6 Å². The summed E-state index contributed by atoms with van der Waals surface area (Å²) in [5, 5.41) is 9.32. The van der Waals surface area contributed by atoms with E-state index in [-0.39, 0.29) is 30.4 Å². The lowest BCUT2D eigenvalue weighted by atomic mass is 9.89. The molecule has 156 valence electrons. The van der Waals surface area contributed by atoms with E-state index in [9.17, 15) is 23.5 Å². The van der Waals surface area contributed by atoms with Crippen molar-refractivity contribution in [3.8, 4) is 0 Å². The van der Waals surface area contributed by atoms with Crippen molar-refractivity contribution < 1.29 is 23.5 Å². The van der Waals surface area contributed by atoms with E-state index < -0.39 is 17.6 Å². The number of carbonyl (C=O) groups excluding carboxylic acids is 1. The Balaban J connectivity index is 1.58. The van der Waals surface area contributed by atoms with Gasteiger partial charge in [-0.1, -0.05) is 12.1 Å². The minimum atomic E-state index is -0.870. The highest BCUT2D eigenvalue weighted by molar-refractivity contribution is 5.79. The molecule has 0 radical (unpaired) electrons. The molecule has 2 heterocycles. The molecule has 5 nitrogen and oxygen atoms in total. The Morgan fingerprint density at radius 2 is 2.00 bits per heavy atom. The van der Waals surface area contributed by atoms with Crippen molar-refractivity contribution in [3.63, 3.8) is 0 Å². The molecule has 1 atom stereocenters. The van der Waals surface area contributed by atoms with Crippen molar-refractivity contribution in [1.29, 1.82) is 0 Å². The van der Waals surface area contributed by atoms with E-state index in [1.807, 2.05) is 28.8 Å². The molecule has 1 amide bonds. The van der Waals surface area contributed by atoms with Gasteiger partial charge in [0.2, 0.25) is 5.91 Å². The van der Waals surface area contributed by atoms with Crippen LogP contribution in [0, 0.1) is 11.6 Å². The van der Waals surface area contributed by atoms with Gasteiger partial charge in [-0.25, -0.2) is 8.78 Å². The molecule has 1 aromatic carbocycles. The zero-order chi connectivity index (χ0) is 21.4. The minimum absolute atomic E-state index is 0.0356. The van der Waals surface area contributed by atoms with Gasteiger partial charge >= 0.3 is 5.97 Å². The molecule has 0 bridgehead atoms. The van der Waals surface area contributed by atoms with Crippen LogP contribution < -0.4 is 0 Å². The molecule has 2 aromatic heterocycles. The largest absolute Gasteiger partial charge is 0.481 e. The average molecular weight is 412 g/mol. The number of amides is 1. The highest BCUT2D eigenvalue weighted by Gasteiger charge is 2.30. The third-order valence-corrected chi connectivity index (χ3v) is 5.95. The van der Waals surface area contributed by atoms with E-state index in [2.05, 4.69) is 0 Å². The first-order valence-corrected chi connectivity index (χ1v) is 9.86. The van der Waals surface area contributed by atoms with Gasteiger partial charge in [0.05, 0.1) is 12.8 Å². The Hall–Kier alpha value is -3.22. The minimum Gasteiger partial charge on any atom is -0.481 e. The zero-order valence-corrected chi connectivity index (χ0v) is 16.6.